The van der Waals surface area contributed by atoms with Gasteiger partial charge in [-0.25, -0.2) is 0 Å². The van der Waals surface area contributed by atoms with Crippen LogP contribution in [0, 0.1) is 6.92 Å². The maximum atomic E-state index is 5.96. The number of hydrogen-bond acceptors (Lipinski definition) is 6. The zero-order chi connectivity index (χ0) is 27.7. The minimum Gasteiger partial charge on any atom is -0.493 e. The largest absolute Gasteiger partial charge is 0.493 e. The monoisotopic (exact) mass is 526 g/mol. The van der Waals surface area contributed by atoms with Crippen LogP contribution in [0.25, 0.3) is 44.5 Å². The SMILES string of the molecule is COc1cc(-c2cc3cc(OC)c(OC)c(OC)c3c(C)[n+]2C)cc(-c2coc(-c3ccccc3)c2)c1OC. The molecule has 0 aliphatic rings. The van der Waals surface area contributed by atoms with E-state index in [-0.39, 0.29) is 0 Å². The number of hydrogen-bond donors (Lipinski definition) is 0. The molecule has 0 radical (unpaired) electrons. The summed E-state index contributed by atoms with van der Waals surface area (Å²) in [6.07, 6.45) is 1.75. The first-order valence-electron chi connectivity index (χ1n) is 12.5. The summed E-state index contributed by atoms with van der Waals surface area (Å²) in [5, 5.41) is 1.91. The van der Waals surface area contributed by atoms with Crippen LogP contribution in [0.4, 0.5) is 0 Å². The van der Waals surface area contributed by atoms with Crippen molar-refractivity contribution in [1.82, 2.24) is 0 Å². The Morgan fingerprint density at radius 2 is 1.31 bits per heavy atom. The van der Waals surface area contributed by atoms with Crippen molar-refractivity contribution in [1.29, 1.82) is 0 Å². The van der Waals surface area contributed by atoms with Crippen molar-refractivity contribution >= 4 is 10.8 Å². The van der Waals surface area contributed by atoms with Crippen molar-refractivity contribution in [2.45, 2.75) is 6.92 Å². The molecule has 0 saturated carbocycles. The average Bonchev–Trinajstić information content (AvgIpc) is 3.47. The molecule has 0 fully saturated rings. The van der Waals surface area contributed by atoms with Crippen molar-refractivity contribution in [3.8, 4) is 62.5 Å². The van der Waals surface area contributed by atoms with Crippen LogP contribution in [-0.4, -0.2) is 35.5 Å². The Kier molecular flexibility index (Phi) is 7.07. The van der Waals surface area contributed by atoms with E-state index in [4.69, 9.17) is 28.1 Å². The minimum atomic E-state index is 0.561. The highest BCUT2D eigenvalue weighted by molar-refractivity contribution is 5.96. The van der Waals surface area contributed by atoms with Gasteiger partial charge in [-0.3, -0.25) is 0 Å². The van der Waals surface area contributed by atoms with E-state index in [1.807, 2.05) is 55.6 Å². The fourth-order valence-electron chi connectivity index (χ4n) is 5.09. The molecule has 0 spiro atoms. The third kappa shape index (κ3) is 4.40. The van der Waals surface area contributed by atoms with Crippen LogP contribution in [0.15, 0.2) is 71.3 Å². The number of benzene rings is 3. The summed E-state index contributed by atoms with van der Waals surface area (Å²) in [6.45, 7) is 2.06. The normalized spacial score (nSPS) is 10.9. The molecule has 5 rings (SSSR count). The number of pyridine rings is 1. The Morgan fingerprint density at radius 3 is 1.95 bits per heavy atom. The molecular formula is C32H32NO6+. The molecule has 2 heterocycles. The lowest BCUT2D eigenvalue weighted by Gasteiger charge is -2.17. The summed E-state index contributed by atoms with van der Waals surface area (Å²) in [7, 11) is 10.2. The lowest BCUT2D eigenvalue weighted by atomic mass is 9.98. The van der Waals surface area contributed by atoms with Crippen LogP contribution >= 0.6 is 0 Å². The van der Waals surface area contributed by atoms with Crippen LogP contribution in [0.3, 0.4) is 0 Å². The van der Waals surface area contributed by atoms with Crippen molar-refractivity contribution in [3.63, 3.8) is 0 Å². The van der Waals surface area contributed by atoms with Gasteiger partial charge in [0.25, 0.3) is 0 Å². The maximum absolute atomic E-state index is 5.96. The van der Waals surface area contributed by atoms with Crippen molar-refractivity contribution in [2.75, 3.05) is 35.5 Å². The molecule has 39 heavy (non-hydrogen) atoms. The summed E-state index contributed by atoms with van der Waals surface area (Å²) in [4.78, 5) is 0. The number of ether oxygens (including phenoxy) is 5. The van der Waals surface area contributed by atoms with Crippen LogP contribution in [0.2, 0.25) is 0 Å². The van der Waals surface area contributed by atoms with E-state index in [1.54, 1.807) is 41.8 Å². The van der Waals surface area contributed by atoms with Gasteiger partial charge in [-0.1, -0.05) is 30.3 Å². The molecule has 3 aromatic carbocycles. The van der Waals surface area contributed by atoms with E-state index in [2.05, 4.69) is 23.6 Å². The number of methoxy groups -OCH3 is 5. The third-order valence-electron chi connectivity index (χ3n) is 7.12. The Morgan fingerprint density at radius 1 is 0.641 bits per heavy atom. The Balaban J connectivity index is 1.74. The van der Waals surface area contributed by atoms with Gasteiger partial charge >= 0.3 is 0 Å². The second-order valence-electron chi connectivity index (χ2n) is 9.11. The molecule has 0 N–H and O–H groups in total. The van der Waals surface area contributed by atoms with Crippen molar-refractivity contribution in [3.05, 3.63) is 72.6 Å². The number of furan rings is 1. The predicted octanol–water partition coefficient (Wildman–Crippen LogP) is 6.61. The highest BCUT2D eigenvalue weighted by Crippen LogP contribution is 2.46. The van der Waals surface area contributed by atoms with E-state index >= 15 is 0 Å². The molecule has 0 atom stereocenters. The van der Waals surface area contributed by atoms with Gasteiger partial charge in [0.15, 0.2) is 28.7 Å². The molecule has 0 saturated heterocycles. The molecule has 0 aliphatic heterocycles. The average molecular weight is 527 g/mol. The zero-order valence-electron chi connectivity index (χ0n) is 23.2. The Labute approximate surface area is 228 Å². The van der Waals surface area contributed by atoms with Crippen LogP contribution in [0.1, 0.15) is 5.69 Å². The number of aryl methyl sites for hydroxylation is 1. The first-order chi connectivity index (χ1) is 18.9. The van der Waals surface area contributed by atoms with Crippen LogP contribution in [-0.2, 0) is 7.05 Å². The summed E-state index contributed by atoms with van der Waals surface area (Å²) in [5.41, 5.74) is 5.68. The van der Waals surface area contributed by atoms with Gasteiger partial charge in [0.1, 0.15) is 12.8 Å². The molecular weight excluding hydrogens is 494 g/mol. The number of fused-ring (bicyclic) bond motifs is 1. The summed E-state index contributed by atoms with van der Waals surface area (Å²) < 4.78 is 36.7. The van der Waals surface area contributed by atoms with Crippen LogP contribution < -0.4 is 28.3 Å². The van der Waals surface area contributed by atoms with Gasteiger partial charge in [-0.05, 0) is 24.3 Å². The maximum Gasteiger partial charge on any atom is 0.213 e. The fraction of sp³-hybridized carbons (Fsp3) is 0.219. The minimum absolute atomic E-state index is 0.561. The predicted molar refractivity (Wildman–Crippen MR) is 151 cm³/mol. The molecule has 200 valence electrons. The van der Waals surface area contributed by atoms with Gasteiger partial charge in [0.2, 0.25) is 11.4 Å². The molecule has 0 bridgehead atoms. The Hall–Kier alpha value is -4.65. The number of rotatable bonds is 8. The molecule has 2 aromatic heterocycles. The second-order valence-corrected chi connectivity index (χ2v) is 9.11. The van der Waals surface area contributed by atoms with Gasteiger partial charge in [0, 0.05) is 35.1 Å². The summed E-state index contributed by atoms with van der Waals surface area (Å²) >= 11 is 0. The van der Waals surface area contributed by atoms with Gasteiger partial charge in [0.05, 0.1) is 52.8 Å². The quantitative estimate of drug-likeness (QED) is 0.212. The number of aromatic nitrogens is 1. The van der Waals surface area contributed by atoms with E-state index in [0.29, 0.717) is 28.7 Å². The third-order valence-corrected chi connectivity index (χ3v) is 7.12. The smallest absolute Gasteiger partial charge is 0.213 e. The van der Waals surface area contributed by atoms with E-state index in [9.17, 15) is 0 Å². The second kappa shape index (κ2) is 10.6. The molecule has 0 aliphatic carbocycles. The Bertz CT molecular complexity index is 1660. The lowest BCUT2D eigenvalue weighted by molar-refractivity contribution is -0.665. The van der Waals surface area contributed by atoms with Gasteiger partial charge < -0.3 is 28.1 Å². The highest BCUT2D eigenvalue weighted by atomic mass is 16.5. The summed E-state index contributed by atoms with van der Waals surface area (Å²) in [5.74, 6) is 3.82. The summed E-state index contributed by atoms with van der Waals surface area (Å²) in [6, 6.07) is 20.2. The molecule has 0 amide bonds. The zero-order valence-corrected chi connectivity index (χ0v) is 23.2. The first-order valence-corrected chi connectivity index (χ1v) is 12.5. The molecule has 7 heteroatoms. The van der Waals surface area contributed by atoms with Crippen LogP contribution in [0.5, 0.6) is 28.7 Å². The highest BCUT2D eigenvalue weighted by Gasteiger charge is 2.26. The topological polar surface area (TPSA) is 63.2 Å². The molecule has 7 nitrogen and oxygen atoms in total. The molecule has 0 unspecified atom stereocenters. The van der Waals surface area contributed by atoms with Crippen molar-refractivity contribution in [2.24, 2.45) is 7.05 Å². The first kappa shape index (κ1) is 26.0. The lowest BCUT2D eigenvalue weighted by Crippen LogP contribution is -2.35. The standard InChI is InChI=1S/C32H32NO6/c1-19-29-22(16-28(35-4)31(37-6)32(29)38-7)14-25(33(19)2)21-13-24(30(36-5)27(15-21)34-3)23-17-26(39-18-23)20-11-9-8-10-12-20/h8-18H,1-7H3/q+1. The van der Waals surface area contributed by atoms with Crippen molar-refractivity contribution < 1.29 is 32.7 Å². The van der Waals surface area contributed by atoms with E-state index < -0.39 is 0 Å². The van der Waals surface area contributed by atoms with Gasteiger partial charge in [-0.15, -0.1) is 0 Å². The molecule has 5 aromatic rings. The number of nitrogens with zero attached hydrogens (tertiary/aromatic N) is 1. The van der Waals surface area contributed by atoms with E-state index in [1.165, 1.54) is 0 Å². The fourth-order valence-corrected chi connectivity index (χ4v) is 5.09. The van der Waals surface area contributed by atoms with Gasteiger partial charge in [-0.2, -0.15) is 4.57 Å². The van der Waals surface area contributed by atoms with E-state index in [0.717, 1.165) is 50.2 Å².